The molecule has 0 fully saturated rings. The molecule has 0 atom stereocenters. The Hall–Kier alpha value is -3.38. The number of para-hydroxylation sites is 2. The summed E-state index contributed by atoms with van der Waals surface area (Å²) in [6.07, 6.45) is 4.01. The van der Waals surface area contributed by atoms with Gasteiger partial charge in [-0.25, -0.2) is 0 Å². The molecular weight excluding hydrogens is 402 g/mol. The molecule has 2 aromatic carbocycles. The zero-order chi connectivity index (χ0) is 21.2. The van der Waals surface area contributed by atoms with E-state index in [9.17, 15) is 9.59 Å². The van der Waals surface area contributed by atoms with E-state index in [-0.39, 0.29) is 11.8 Å². The number of nitrogens with zero attached hydrogens (tertiary/aromatic N) is 1. The maximum absolute atomic E-state index is 12.4. The maximum Gasteiger partial charge on any atom is 0.257 e. The fourth-order valence-corrected chi connectivity index (χ4v) is 2.94. The number of hydrogen-bond donors (Lipinski definition) is 2. The van der Waals surface area contributed by atoms with Crippen molar-refractivity contribution in [1.29, 1.82) is 0 Å². The second-order valence-corrected chi connectivity index (χ2v) is 6.92. The highest BCUT2D eigenvalue weighted by molar-refractivity contribution is 6.32. The first-order valence-corrected chi connectivity index (χ1v) is 9.94. The molecular formula is C23H22ClN3O3. The molecule has 0 saturated carbocycles. The van der Waals surface area contributed by atoms with Crippen LogP contribution in [-0.2, 0) is 11.3 Å². The average molecular weight is 424 g/mol. The summed E-state index contributed by atoms with van der Waals surface area (Å²) >= 11 is 6.04. The molecule has 6 nitrogen and oxygen atoms in total. The molecule has 7 heteroatoms. The second kappa shape index (κ2) is 11.0. The number of anilines is 1. The molecule has 0 aliphatic carbocycles. The predicted octanol–water partition coefficient (Wildman–Crippen LogP) is 4.46. The summed E-state index contributed by atoms with van der Waals surface area (Å²) < 4.78 is 5.59. The first-order chi connectivity index (χ1) is 14.6. The number of rotatable bonds is 9. The number of halogens is 1. The standard InChI is InChI=1S/C23H22ClN3O3/c24-19-9-2-4-11-21(19)30-14-6-12-22(28)26-16-17-7-1-3-10-20(17)27-23(29)18-8-5-13-25-15-18/h1-5,7-11,13,15H,6,12,14,16H2,(H,26,28)(H,27,29). The molecule has 154 valence electrons. The van der Waals surface area contributed by atoms with E-state index in [1.165, 1.54) is 6.20 Å². The summed E-state index contributed by atoms with van der Waals surface area (Å²) in [5, 5.41) is 6.29. The lowest BCUT2D eigenvalue weighted by molar-refractivity contribution is -0.121. The van der Waals surface area contributed by atoms with Crippen LogP contribution in [-0.4, -0.2) is 23.4 Å². The Balaban J connectivity index is 1.45. The van der Waals surface area contributed by atoms with Gasteiger partial charge in [-0.2, -0.15) is 0 Å². The van der Waals surface area contributed by atoms with Gasteiger partial charge in [-0.3, -0.25) is 14.6 Å². The summed E-state index contributed by atoms with van der Waals surface area (Å²) in [7, 11) is 0. The monoisotopic (exact) mass is 423 g/mol. The van der Waals surface area contributed by atoms with Crippen molar-refractivity contribution in [2.45, 2.75) is 19.4 Å². The Morgan fingerprint density at radius 3 is 2.60 bits per heavy atom. The minimum Gasteiger partial charge on any atom is -0.492 e. The van der Waals surface area contributed by atoms with Gasteiger partial charge in [0.1, 0.15) is 5.75 Å². The zero-order valence-electron chi connectivity index (χ0n) is 16.3. The number of benzene rings is 2. The number of pyridine rings is 1. The third-order valence-electron chi connectivity index (χ3n) is 4.31. The van der Waals surface area contributed by atoms with Crippen LogP contribution in [0.2, 0.25) is 5.02 Å². The van der Waals surface area contributed by atoms with Gasteiger partial charge in [0, 0.05) is 31.0 Å². The SMILES string of the molecule is O=C(CCCOc1ccccc1Cl)NCc1ccccc1NC(=O)c1cccnc1. The summed E-state index contributed by atoms with van der Waals surface area (Å²) in [6.45, 7) is 0.711. The summed E-state index contributed by atoms with van der Waals surface area (Å²) in [5.41, 5.74) is 1.93. The van der Waals surface area contributed by atoms with Gasteiger partial charge in [0.15, 0.2) is 0 Å². The van der Waals surface area contributed by atoms with Crippen LogP contribution in [0.1, 0.15) is 28.8 Å². The summed E-state index contributed by atoms with van der Waals surface area (Å²) in [6, 6.07) is 18.0. The topological polar surface area (TPSA) is 80.3 Å². The van der Waals surface area contributed by atoms with Crippen molar-refractivity contribution in [3.63, 3.8) is 0 Å². The van der Waals surface area contributed by atoms with E-state index in [0.717, 1.165) is 5.56 Å². The van der Waals surface area contributed by atoms with Gasteiger partial charge in [-0.15, -0.1) is 0 Å². The first-order valence-electron chi connectivity index (χ1n) is 9.57. The van der Waals surface area contributed by atoms with Crippen LogP contribution < -0.4 is 15.4 Å². The van der Waals surface area contributed by atoms with E-state index in [0.29, 0.717) is 48.0 Å². The summed E-state index contributed by atoms with van der Waals surface area (Å²) in [4.78, 5) is 28.5. The van der Waals surface area contributed by atoms with Gasteiger partial charge >= 0.3 is 0 Å². The zero-order valence-corrected chi connectivity index (χ0v) is 17.1. The molecule has 2 N–H and O–H groups in total. The molecule has 0 saturated heterocycles. The highest BCUT2D eigenvalue weighted by Crippen LogP contribution is 2.23. The number of amides is 2. The molecule has 0 aliphatic heterocycles. The lowest BCUT2D eigenvalue weighted by Gasteiger charge is -2.12. The third kappa shape index (κ3) is 6.32. The third-order valence-corrected chi connectivity index (χ3v) is 4.62. The minimum atomic E-state index is -0.251. The van der Waals surface area contributed by atoms with Crippen molar-refractivity contribution in [3.05, 3.63) is 89.2 Å². The van der Waals surface area contributed by atoms with Crippen molar-refractivity contribution in [1.82, 2.24) is 10.3 Å². The predicted molar refractivity (Wildman–Crippen MR) is 117 cm³/mol. The number of hydrogen-bond acceptors (Lipinski definition) is 4. The fraction of sp³-hybridized carbons (Fsp3) is 0.174. The molecule has 0 radical (unpaired) electrons. The molecule has 0 aliphatic rings. The van der Waals surface area contributed by atoms with Crippen molar-refractivity contribution >= 4 is 29.1 Å². The van der Waals surface area contributed by atoms with E-state index in [1.807, 2.05) is 30.3 Å². The van der Waals surface area contributed by atoms with E-state index < -0.39 is 0 Å². The first kappa shape index (κ1) is 21.3. The van der Waals surface area contributed by atoms with Gasteiger partial charge in [0.05, 0.1) is 17.2 Å². The molecule has 1 heterocycles. The van der Waals surface area contributed by atoms with Gasteiger partial charge < -0.3 is 15.4 Å². The van der Waals surface area contributed by atoms with Gasteiger partial charge in [-0.05, 0) is 42.3 Å². The molecule has 3 aromatic rings. The van der Waals surface area contributed by atoms with E-state index in [2.05, 4.69) is 15.6 Å². The highest BCUT2D eigenvalue weighted by atomic mass is 35.5. The van der Waals surface area contributed by atoms with Crippen LogP contribution >= 0.6 is 11.6 Å². The van der Waals surface area contributed by atoms with Gasteiger partial charge in [-0.1, -0.05) is 41.9 Å². The van der Waals surface area contributed by atoms with Crippen molar-refractivity contribution in [2.24, 2.45) is 0 Å². The molecule has 2 amide bonds. The number of aromatic nitrogens is 1. The van der Waals surface area contributed by atoms with Crippen LogP contribution in [0.3, 0.4) is 0 Å². The number of nitrogens with one attached hydrogen (secondary N) is 2. The van der Waals surface area contributed by atoms with E-state index >= 15 is 0 Å². The van der Waals surface area contributed by atoms with Crippen molar-refractivity contribution < 1.29 is 14.3 Å². The smallest absolute Gasteiger partial charge is 0.257 e. The van der Waals surface area contributed by atoms with Gasteiger partial charge in [0.25, 0.3) is 5.91 Å². The van der Waals surface area contributed by atoms with Crippen LogP contribution in [0, 0.1) is 0 Å². The lowest BCUT2D eigenvalue weighted by Crippen LogP contribution is -2.24. The summed E-state index contributed by atoms with van der Waals surface area (Å²) in [5.74, 6) is 0.266. The molecule has 0 bridgehead atoms. The molecule has 30 heavy (non-hydrogen) atoms. The van der Waals surface area contributed by atoms with Crippen LogP contribution in [0.25, 0.3) is 0 Å². The fourth-order valence-electron chi connectivity index (χ4n) is 2.75. The van der Waals surface area contributed by atoms with Crippen LogP contribution in [0.4, 0.5) is 5.69 Å². The Labute approximate surface area is 180 Å². The number of ether oxygens (including phenoxy) is 1. The Bertz CT molecular complexity index is 996. The second-order valence-electron chi connectivity index (χ2n) is 6.51. The van der Waals surface area contributed by atoms with E-state index in [4.69, 9.17) is 16.3 Å². The van der Waals surface area contributed by atoms with Gasteiger partial charge in [0.2, 0.25) is 5.91 Å². The van der Waals surface area contributed by atoms with Crippen LogP contribution in [0.5, 0.6) is 5.75 Å². The normalized spacial score (nSPS) is 10.3. The Kier molecular flexibility index (Phi) is 7.80. The molecule has 3 rings (SSSR count). The largest absolute Gasteiger partial charge is 0.492 e. The lowest BCUT2D eigenvalue weighted by atomic mass is 10.1. The number of carbonyl (C=O) groups excluding carboxylic acids is 2. The quantitative estimate of drug-likeness (QED) is 0.498. The molecule has 0 spiro atoms. The highest BCUT2D eigenvalue weighted by Gasteiger charge is 2.10. The molecule has 1 aromatic heterocycles. The maximum atomic E-state index is 12.4. The average Bonchev–Trinajstić information content (AvgIpc) is 2.78. The Morgan fingerprint density at radius 2 is 1.80 bits per heavy atom. The van der Waals surface area contributed by atoms with Crippen LogP contribution in [0.15, 0.2) is 73.1 Å². The Morgan fingerprint density at radius 1 is 1.00 bits per heavy atom. The van der Waals surface area contributed by atoms with Crippen molar-refractivity contribution in [2.75, 3.05) is 11.9 Å². The number of carbonyl (C=O) groups is 2. The van der Waals surface area contributed by atoms with Crippen molar-refractivity contribution in [3.8, 4) is 5.75 Å². The minimum absolute atomic E-state index is 0.0915. The van der Waals surface area contributed by atoms with E-state index in [1.54, 1.807) is 36.5 Å². The molecule has 0 unspecified atom stereocenters.